The van der Waals surface area contributed by atoms with Gasteiger partial charge in [0.05, 0.1) is 0 Å². The van der Waals surface area contributed by atoms with E-state index in [9.17, 15) is 0 Å². The third-order valence-corrected chi connectivity index (χ3v) is 9.11. The molecule has 0 aliphatic rings. The van der Waals surface area contributed by atoms with E-state index in [1.54, 1.807) is 0 Å². The van der Waals surface area contributed by atoms with E-state index in [0.29, 0.717) is 0 Å². The van der Waals surface area contributed by atoms with Crippen molar-refractivity contribution in [1.82, 2.24) is 0 Å². The summed E-state index contributed by atoms with van der Waals surface area (Å²) in [5.41, 5.74) is 0. The van der Waals surface area contributed by atoms with Crippen LogP contribution in [0.3, 0.4) is 0 Å². The first-order chi connectivity index (χ1) is 10.4. The van der Waals surface area contributed by atoms with Crippen molar-refractivity contribution in [3.63, 3.8) is 0 Å². The van der Waals surface area contributed by atoms with Crippen molar-refractivity contribution in [1.29, 1.82) is 0 Å². The van der Waals surface area contributed by atoms with Crippen molar-refractivity contribution in [3.8, 4) is 0 Å². The standard InChI is InChI=1S/C19H16BrP.BrH/c20-16-21(17-10-4-1-5-11-17,18-12-6-2-7-13-18)19-14-8-3-9-15-19;/h1-16H;1H. The van der Waals surface area contributed by atoms with E-state index in [1.165, 1.54) is 15.9 Å². The van der Waals surface area contributed by atoms with Crippen LogP contribution in [-0.2, 0) is 0 Å². The number of hydrogen-bond donors (Lipinski definition) is 0. The monoisotopic (exact) mass is 434 g/mol. The van der Waals surface area contributed by atoms with Crippen molar-refractivity contribution in [3.05, 3.63) is 91.0 Å². The fourth-order valence-corrected chi connectivity index (χ4v) is 7.89. The van der Waals surface area contributed by atoms with Crippen molar-refractivity contribution < 1.29 is 0 Å². The van der Waals surface area contributed by atoms with Crippen LogP contribution >= 0.6 is 39.8 Å². The molecule has 0 fully saturated rings. The van der Waals surface area contributed by atoms with Crippen LogP contribution in [0.4, 0.5) is 0 Å². The van der Waals surface area contributed by atoms with Gasteiger partial charge in [-0.05, 0) is 27.5 Å². The van der Waals surface area contributed by atoms with Crippen molar-refractivity contribution in [2.24, 2.45) is 0 Å². The van der Waals surface area contributed by atoms with E-state index in [4.69, 9.17) is 0 Å². The number of halogens is 2. The maximum atomic E-state index is 3.71. The summed E-state index contributed by atoms with van der Waals surface area (Å²) in [5.74, 6) is 0. The van der Waals surface area contributed by atoms with E-state index >= 15 is 0 Å². The molecule has 0 spiro atoms. The fraction of sp³-hybridized carbons (Fsp3) is 0. The van der Waals surface area contributed by atoms with E-state index in [1.807, 2.05) is 0 Å². The first-order valence-corrected chi connectivity index (χ1v) is 9.65. The average molecular weight is 436 g/mol. The molecule has 0 unspecified atom stereocenters. The summed E-state index contributed by atoms with van der Waals surface area (Å²) in [7, 11) is 0. The quantitative estimate of drug-likeness (QED) is 0.522. The average Bonchev–Trinajstić information content (AvgIpc) is 2.59. The second-order valence-electron chi connectivity index (χ2n) is 4.83. The Hall–Kier alpha value is -1.08. The van der Waals surface area contributed by atoms with E-state index in [-0.39, 0.29) is 17.0 Å². The van der Waals surface area contributed by atoms with Crippen molar-refractivity contribution in [2.75, 3.05) is 0 Å². The summed E-state index contributed by atoms with van der Waals surface area (Å²) in [6.07, 6.45) is 0. The molecule has 0 radical (unpaired) electrons. The van der Waals surface area contributed by atoms with E-state index < -0.39 is 6.89 Å². The lowest BCUT2D eigenvalue weighted by Gasteiger charge is -2.27. The van der Waals surface area contributed by atoms with Gasteiger partial charge >= 0.3 is 0 Å². The van der Waals surface area contributed by atoms with Crippen molar-refractivity contribution in [2.45, 2.75) is 0 Å². The van der Waals surface area contributed by atoms with Gasteiger partial charge in [-0.1, -0.05) is 107 Å². The van der Waals surface area contributed by atoms with Crippen LogP contribution in [0, 0.1) is 0 Å². The highest BCUT2D eigenvalue weighted by Crippen LogP contribution is 2.44. The minimum Gasteiger partial charge on any atom is -0.114 e. The van der Waals surface area contributed by atoms with E-state index in [2.05, 4.69) is 112 Å². The van der Waals surface area contributed by atoms with Gasteiger partial charge in [-0.25, -0.2) is 0 Å². The van der Waals surface area contributed by atoms with Gasteiger partial charge in [0.1, 0.15) is 0 Å². The molecular weight excluding hydrogens is 419 g/mol. The van der Waals surface area contributed by atoms with Crippen LogP contribution < -0.4 is 15.9 Å². The Morgan fingerprint density at radius 1 is 0.545 bits per heavy atom. The van der Waals surface area contributed by atoms with Gasteiger partial charge in [-0.2, -0.15) is 0 Å². The summed E-state index contributed by atoms with van der Waals surface area (Å²) in [6.45, 7) is -1.74. The van der Waals surface area contributed by atoms with Crippen LogP contribution in [0.1, 0.15) is 0 Å². The molecule has 0 saturated carbocycles. The fourth-order valence-electron chi connectivity index (χ4n) is 2.61. The lowest BCUT2D eigenvalue weighted by molar-refractivity contribution is 1.73. The second kappa shape index (κ2) is 7.97. The largest absolute Gasteiger partial charge is 0.114 e. The highest BCUT2D eigenvalue weighted by molar-refractivity contribution is 9.19. The summed E-state index contributed by atoms with van der Waals surface area (Å²) >= 11 is 3.71. The van der Waals surface area contributed by atoms with Crippen LogP contribution in [-0.4, -0.2) is 4.71 Å². The van der Waals surface area contributed by atoms with Gasteiger partial charge in [-0.15, -0.1) is 17.0 Å². The maximum absolute atomic E-state index is 3.71. The topological polar surface area (TPSA) is 0 Å². The van der Waals surface area contributed by atoms with Crippen LogP contribution in [0.15, 0.2) is 91.0 Å². The number of rotatable bonds is 3. The van der Waals surface area contributed by atoms with Gasteiger partial charge in [0, 0.05) is 0 Å². The second-order valence-corrected chi connectivity index (χ2v) is 9.25. The van der Waals surface area contributed by atoms with Crippen LogP contribution in [0.25, 0.3) is 0 Å². The first kappa shape index (κ1) is 17.3. The van der Waals surface area contributed by atoms with Gasteiger partial charge in [0.25, 0.3) is 0 Å². The Kier molecular flexibility index (Phi) is 6.26. The Balaban J connectivity index is 0.00000176. The zero-order valence-electron chi connectivity index (χ0n) is 12.0. The first-order valence-electron chi connectivity index (χ1n) is 6.88. The highest BCUT2D eigenvalue weighted by Gasteiger charge is 2.23. The molecule has 0 aromatic heterocycles. The number of benzene rings is 3. The third kappa shape index (κ3) is 3.15. The summed E-state index contributed by atoms with van der Waals surface area (Å²) in [5, 5.41) is 4.08. The van der Waals surface area contributed by atoms with Gasteiger partial charge in [0.2, 0.25) is 0 Å². The number of hydrogen-bond acceptors (Lipinski definition) is 0. The molecule has 3 heteroatoms. The summed E-state index contributed by atoms with van der Waals surface area (Å²) in [4.78, 5) is 0. The molecule has 112 valence electrons. The van der Waals surface area contributed by atoms with Crippen LogP contribution in [0.2, 0.25) is 0 Å². The highest BCUT2D eigenvalue weighted by atomic mass is 79.9. The van der Waals surface area contributed by atoms with Gasteiger partial charge in [-0.3, -0.25) is 0 Å². The molecule has 0 N–H and O–H groups in total. The van der Waals surface area contributed by atoms with E-state index in [0.717, 1.165) is 0 Å². The Morgan fingerprint density at radius 3 is 1.05 bits per heavy atom. The molecule has 0 nitrogen and oxygen atoms in total. The molecule has 0 bridgehead atoms. The molecule has 0 aliphatic carbocycles. The molecular formula is C19H17Br2P. The normalized spacial score (nSPS) is 10.6. The third-order valence-electron chi connectivity index (χ3n) is 3.64. The minimum atomic E-state index is -1.74. The lowest BCUT2D eigenvalue weighted by atomic mass is 10.4. The van der Waals surface area contributed by atoms with Gasteiger partial charge < -0.3 is 0 Å². The van der Waals surface area contributed by atoms with Crippen molar-refractivity contribution >= 4 is 60.4 Å². The minimum absolute atomic E-state index is 0. The Morgan fingerprint density at radius 2 is 0.818 bits per heavy atom. The maximum Gasteiger partial charge on any atom is -0.00873 e. The zero-order chi connectivity index (χ0) is 14.5. The molecule has 0 heterocycles. The smallest absolute Gasteiger partial charge is 0.00873 e. The van der Waals surface area contributed by atoms with Gasteiger partial charge in [0.15, 0.2) is 0 Å². The Labute approximate surface area is 151 Å². The molecule has 0 saturated heterocycles. The lowest BCUT2D eigenvalue weighted by Crippen LogP contribution is -2.26. The molecule has 3 aromatic carbocycles. The predicted octanol–water partition coefficient (Wildman–Crippen LogP) is 4.71. The molecule has 22 heavy (non-hydrogen) atoms. The zero-order valence-corrected chi connectivity index (χ0v) is 16.2. The predicted molar refractivity (Wildman–Crippen MR) is 110 cm³/mol. The SMILES string of the molecule is Br.BrC=P(c1ccccc1)(c1ccccc1)c1ccccc1. The Bertz CT molecular complexity index is 650. The summed E-state index contributed by atoms with van der Waals surface area (Å²) in [6, 6.07) is 32.3. The molecule has 3 aromatic rings. The molecule has 3 rings (SSSR count). The van der Waals surface area contributed by atoms with Crippen LogP contribution in [0.5, 0.6) is 0 Å². The molecule has 0 amide bonds. The summed E-state index contributed by atoms with van der Waals surface area (Å²) < 4.78 is 2.22. The molecule has 0 atom stereocenters. The molecule has 0 aliphatic heterocycles.